The van der Waals surface area contributed by atoms with Crippen molar-refractivity contribution in [2.45, 2.75) is 12.5 Å². The fourth-order valence-corrected chi connectivity index (χ4v) is 2.38. The molecule has 1 atom stereocenters. The van der Waals surface area contributed by atoms with Crippen molar-refractivity contribution in [2.75, 3.05) is 5.32 Å². The second-order valence-corrected chi connectivity index (χ2v) is 5.21. The average molecular weight is 271 g/mol. The summed E-state index contributed by atoms with van der Waals surface area (Å²) in [6.07, 6.45) is 0. The third kappa shape index (κ3) is 2.65. The summed E-state index contributed by atoms with van der Waals surface area (Å²) in [5.74, 6) is -0.336. The molecule has 0 saturated carbocycles. The molecule has 1 heterocycles. The lowest BCUT2D eigenvalue weighted by Crippen LogP contribution is -2.45. The Morgan fingerprint density at radius 3 is 2.68 bits per heavy atom. The van der Waals surface area contributed by atoms with Crippen LogP contribution in [0.5, 0.6) is 0 Å². The van der Waals surface area contributed by atoms with Crippen molar-refractivity contribution in [3.05, 3.63) is 52.9 Å². The maximum atomic E-state index is 12.3. The van der Waals surface area contributed by atoms with Crippen molar-refractivity contribution in [1.29, 1.82) is 5.26 Å². The number of benzene rings is 1. The molecule has 1 aromatic heterocycles. The first-order valence-electron chi connectivity index (χ1n) is 5.69. The van der Waals surface area contributed by atoms with E-state index < -0.39 is 5.54 Å². The fraction of sp³-hybridized carbons (Fsp3) is 0.143. The third-order valence-electron chi connectivity index (χ3n) is 2.86. The molecule has 0 fully saturated rings. The van der Waals surface area contributed by atoms with Crippen molar-refractivity contribution in [3.8, 4) is 6.07 Å². The number of hydrogen-bond donors (Lipinski definition) is 2. The highest BCUT2D eigenvalue weighted by Crippen LogP contribution is 2.25. The van der Waals surface area contributed by atoms with E-state index in [1.807, 2.05) is 24.3 Å². The summed E-state index contributed by atoms with van der Waals surface area (Å²) in [5, 5.41) is 13.9. The SMILES string of the molecule is CC(N)(C(=O)Nc1sccc1C#N)c1ccccc1. The molecule has 0 aliphatic carbocycles. The maximum Gasteiger partial charge on any atom is 0.249 e. The first-order chi connectivity index (χ1) is 9.05. The number of nitrogens with one attached hydrogen (secondary N) is 1. The Balaban J connectivity index is 2.23. The highest BCUT2D eigenvalue weighted by Gasteiger charge is 2.31. The van der Waals surface area contributed by atoms with E-state index in [9.17, 15) is 4.79 Å². The van der Waals surface area contributed by atoms with Crippen LogP contribution in [-0.2, 0) is 10.3 Å². The van der Waals surface area contributed by atoms with Crippen LogP contribution in [-0.4, -0.2) is 5.91 Å². The lowest BCUT2D eigenvalue weighted by Gasteiger charge is -2.23. The highest BCUT2D eigenvalue weighted by molar-refractivity contribution is 7.14. The number of nitrogens with two attached hydrogens (primary N) is 1. The maximum absolute atomic E-state index is 12.3. The van der Waals surface area contributed by atoms with Crippen LogP contribution in [0.1, 0.15) is 18.1 Å². The second kappa shape index (κ2) is 5.22. The Kier molecular flexibility index (Phi) is 3.65. The highest BCUT2D eigenvalue weighted by atomic mass is 32.1. The first kappa shape index (κ1) is 13.3. The first-order valence-corrected chi connectivity index (χ1v) is 6.57. The number of thiophene rings is 1. The molecule has 96 valence electrons. The Hall–Kier alpha value is -2.16. The van der Waals surface area contributed by atoms with Crippen LogP contribution in [0.2, 0.25) is 0 Å². The fourth-order valence-electron chi connectivity index (χ4n) is 1.64. The van der Waals surface area contributed by atoms with Gasteiger partial charge in [-0.05, 0) is 23.9 Å². The van der Waals surface area contributed by atoms with Gasteiger partial charge in [0.1, 0.15) is 16.6 Å². The van der Waals surface area contributed by atoms with Gasteiger partial charge >= 0.3 is 0 Å². The molecule has 0 saturated heterocycles. The molecule has 2 rings (SSSR count). The minimum absolute atomic E-state index is 0.336. The van der Waals surface area contributed by atoms with Crippen molar-refractivity contribution >= 4 is 22.2 Å². The third-order valence-corrected chi connectivity index (χ3v) is 3.69. The van der Waals surface area contributed by atoms with Crippen LogP contribution < -0.4 is 11.1 Å². The van der Waals surface area contributed by atoms with Crippen LogP contribution in [0, 0.1) is 11.3 Å². The molecule has 4 nitrogen and oxygen atoms in total. The molecule has 3 N–H and O–H groups in total. The molecule has 0 bridgehead atoms. The molecule has 5 heteroatoms. The molecule has 0 aliphatic heterocycles. The average Bonchev–Trinajstić information content (AvgIpc) is 2.87. The number of rotatable bonds is 3. The standard InChI is InChI=1S/C14H13N3OS/c1-14(16,11-5-3-2-4-6-11)13(18)17-12-10(9-15)7-8-19-12/h2-8H,16H2,1H3,(H,17,18). The van der Waals surface area contributed by atoms with Gasteiger partial charge < -0.3 is 11.1 Å². The van der Waals surface area contributed by atoms with Crippen LogP contribution in [0.15, 0.2) is 41.8 Å². The van der Waals surface area contributed by atoms with Gasteiger partial charge in [0.2, 0.25) is 5.91 Å². The Morgan fingerprint density at radius 2 is 2.05 bits per heavy atom. The minimum atomic E-state index is -1.14. The summed E-state index contributed by atoms with van der Waals surface area (Å²) >= 11 is 1.30. The van der Waals surface area contributed by atoms with Gasteiger partial charge in [0.25, 0.3) is 0 Å². The minimum Gasteiger partial charge on any atom is -0.315 e. The van der Waals surface area contributed by atoms with Crippen LogP contribution in [0.25, 0.3) is 0 Å². The summed E-state index contributed by atoms with van der Waals surface area (Å²) in [6, 6.07) is 12.8. The Labute approximate surface area is 115 Å². The number of amides is 1. The lowest BCUT2D eigenvalue weighted by atomic mass is 9.92. The number of nitriles is 1. The second-order valence-electron chi connectivity index (χ2n) is 4.30. The van der Waals surface area contributed by atoms with Crippen LogP contribution >= 0.6 is 11.3 Å². The van der Waals surface area contributed by atoms with Crippen LogP contribution in [0.3, 0.4) is 0 Å². The largest absolute Gasteiger partial charge is 0.315 e. The van der Waals surface area contributed by atoms with Gasteiger partial charge in [0.05, 0.1) is 5.56 Å². The van der Waals surface area contributed by atoms with Gasteiger partial charge in [0, 0.05) is 0 Å². The van der Waals surface area contributed by atoms with Crippen LogP contribution in [0.4, 0.5) is 5.00 Å². The molecule has 0 aliphatic rings. The number of carbonyl (C=O) groups is 1. The predicted octanol–water partition coefficient (Wildman–Crippen LogP) is 2.43. The summed E-state index contributed by atoms with van der Waals surface area (Å²) in [7, 11) is 0. The lowest BCUT2D eigenvalue weighted by molar-refractivity contribution is -0.120. The Morgan fingerprint density at radius 1 is 1.37 bits per heavy atom. The molecule has 2 aromatic rings. The molecular weight excluding hydrogens is 258 g/mol. The summed E-state index contributed by atoms with van der Waals surface area (Å²) in [5.41, 5.74) is 6.13. The molecular formula is C14H13N3OS. The van der Waals surface area contributed by atoms with E-state index in [-0.39, 0.29) is 5.91 Å². The molecule has 0 spiro atoms. The van der Waals surface area contributed by atoms with Gasteiger partial charge in [-0.1, -0.05) is 30.3 Å². The summed E-state index contributed by atoms with van der Waals surface area (Å²) in [6.45, 7) is 1.65. The van der Waals surface area contributed by atoms with E-state index in [0.29, 0.717) is 10.6 Å². The Bertz CT molecular complexity index is 626. The molecule has 1 amide bonds. The van der Waals surface area contributed by atoms with E-state index in [1.165, 1.54) is 11.3 Å². The molecule has 1 unspecified atom stereocenters. The summed E-state index contributed by atoms with van der Waals surface area (Å²) < 4.78 is 0. The van der Waals surface area contributed by atoms with Gasteiger partial charge in [-0.15, -0.1) is 11.3 Å². The normalized spacial score (nSPS) is 13.3. The summed E-state index contributed by atoms with van der Waals surface area (Å²) in [4.78, 5) is 12.3. The van der Waals surface area contributed by atoms with E-state index >= 15 is 0 Å². The molecule has 0 radical (unpaired) electrons. The number of anilines is 1. The number of hydrogen-bond acceptors (Lipinski definition) is 4. The smallest absolute Gasteiger partial charge is 0.249 e. The molecule has 19 heavy (non-hydrogen) atoms. The quantitative estimate of drug-likeness (QED) is 0.899. The van der Waals surface area contributed by atoms with Crippen molar-refractivity contribution < 1.29 is 4.79 Å². The van der Waals surface area contributed by atoms with Gasteiger partial charge in [-0.25, -0.2) is 0 Å². The van der Waals surface area contributed by atoms with Gasteiger partial charge in [-0.2, -0.15) is 5.26 Å². The zero-order valence-electron chi connectivity index (χ0n) is 10.4. The van der Waals surface area contributed by atoms with Crippen molar-refractivity contribution in [2.24, 2.45) is 5.73 Å². The predicted molar refractivity (Wildman–Crippen MR) is 75.6 cm³/mol. The van der Waals surface area contributed by atoms with Crippen molar-refractivity contribution in [1.82, 2.24) is 0 Å². The zero-order valence-corrected chi connectivity index (χ0v) is 11.2. The van der Waals surface area contributed by atoms with Crippen molar-refractivity contribution in [3.63, 3.8) is 0 Å². The van der Waals surface area contributed by atoms with E-state index in [0.717, 1.165) is 5.56 Å². The van der Waals surface area contributed by atoms with E-state index in [1.54, 1.807) is 30.5 Å². The number of nitrogens with zero attached hydrogens (tertiary/aromatic N) is 1. The van der Waals surface area contributed by atoms with Gasteiger partial charge in [-0.3, -0.25) is 4.79 Å². The monoisotopic (exact) mass is 271 g/mol. The zero-order chi connectivity index (χ0) is 13.9. The van der Waals surface area contributed by atoms with E-state index in [2.05, 4.69) is 5.32 Å². The van der Waals surface area contributed by atoms with E-state index in [4.69, 9.17) is 11.0 Å². The molecule has 1 aromatic carbocycles. The topological polar surface area (TPSA) is 78.9 Å². The number of carbonyl (C=O) groups excluding carboxylic acids is 1. The van der Waals surface area contributed by atoms with Gasteiger partial charge in [0.15, 0.2) is 0 Å².